The van der Waals surface area contributed by atoms with Gasteiger partial charge in [0.05, 0.1) is 16.8 Å². The number of nitro groups is 1. The number of carbonyl (C=O) groups is 1. The molecule has 26 heavy (non-hydrogen) atoms. The van der Waals surface area contributed by atoms with Crippen LogP contribution in [0.5, 0.6) is 11.6 Å². The van der Waals surface area contributed by atoms with Gasteiger partial charge in [-0.1, -0.05) is 0 Å². The third-order valence-electron chi connectivity index (χ3n) is 3.83. The van der Waals surface area contributed by atoms with Gasteiger partial charge in [-0.25, -0.2) is 9.78 Å². The summed E-state index contributed by atoms with van der Waals surface area (Å²) in [6, 6.07) is 8.61. The monoisotopic (exact) mass is 379 g/mol. The molecule has 0 spiro atoms. The summed E-state index contributed by atoms with van der Waals surface area (Å²) in [5, 5.41) is 13.1. The van der Waals surface area contributed by atoms with E-state index in [1.54, 1.807) is 12.1 Å². The smallest absolute Gasteiger partial charge is 0.417 e. The molecule has 0 aliphatic heterocycles. The van der Waals surface area contributed by atoms with Gasteiger partial charge >= 0.3 is 6.09 Å². The fourth-order valence-corrected chi connectivity index (χ4v) is 2.59. The second kappa shape index (κ2) is 9.00. The summed E-state index contributed by atoms with van der Waals surface area (Å²) in [4.78, 5) is 26.1. The Balaban J connectivity index is 0.00000243. The van der Waals surface area contributed by atoms with E-state index in [0.29, 0.717) is 11.6 Å². The molecule has 0 bridgehead atoms. The molecule has 3 rings (SSSR count). The van der Waals surface area contributed by atoms with Crippen LogP contribution in [-0.2, 0) is 0 Å². The predicted octanol–water partition coefficient (Wildman–Crippen LogP) is 4.34. The van der Waals surface area contributed by atoms with E-state index in [1.165, 1.54) is 43.3 Å². The van der Waals surface area contributed by atoms with Crippen LogP contribution in [0, 0.1) is 10.1 Å². The molecular weight excluding hydrogens is 362 g/mol. The molecule has 1 heterocycles. The lowest BCUT2D eigenvalue weighted by Crippen LogP contribution is -2.17. The molecular formula is C17H18ClN3O5. The number of pyridine rings is 1. The minimum Gasteiger partial charge on any atom is -0.474 e. The first kappa shape index (κ1) is 19.5. The average molecular weight is 380 g/mol. The molecule has 1 aliphatic carbocycles. The molecule has 2 aromatic rings. The first-order valence-corrected chi connectivity index (χ1v) is 7.96. The van der Waals surface area contributed by atoms with Crippen molar-refractivity contribution in [2.75, 3.05) is 5.32 Å². The van der Waals surface area contributed by atoms with Crippen molar-refractivity contribution in [3.8, 4) is 11.6 Å². The van der Waals surface area contributed by atoms with Crippen LogP contribution in [0.2, 0.25) is 0 Å². The molecule has 138 valence electrons. The second-order valence-corrected chi connectivity index (χ2v) is 5.67. The highest BCUT2D eigenvalue weighted by Gasteiger charge is 2.17. The molecule has 1 fully saturated rings. The summed E-state index contributed by atoms with van der Waals surface area (Å²) >= 11 is 0. The third kappa shape index (κ3) is 5.32. The van der Waals surface area contributed by atoms with Gasteiger partial charge < -0.3 is 9.47 Å². The molecule has 9 heteroatoms. The van der Waals surface area contributed by atoms with Crippen molar-refractivity contribution in [1.29, 1.82) is 0 Å². The number of nitrogens with zero attached hydrogens (tertiary/aromatic N) is 2. The zero-order valence-corrected chi connectivity index (χ0v) is 14.6. The van der Waals surface area contributed by atoms with Gasteiger partial charge in [0.15, 0.2) is 0 Å². The molecule has 1 N–H and O–H groups in total. The van der Waals surface area contributed by atoms with Gasteiger partial charge in [-0.15, -0.1) is 12.4 Å². The highest BCUT2D eigenvalue weighted by atomic mass is 35.5. The van der Waals surface area contributed by atoms with Crippen LogP contribution in [0.4, 0.5) is 16.2 Å². The maximum Gasteiger partial charge on any atom is 0.417 e. The fraction of sp³-hybridized carbons (Fsp3) is 0.294. The molecule has 0 unspecified atom stereocenters. The van der Waals surface area contributed by atoms with Crippen LogP contribution >= 0.6 is 12.4 Å². The highest BCUT2D eigenvalue weighted by Crippen LogP contribution is 2.23. The zero-order valence-electron chi connectivity index (χ0n) is 13.8. The maximum atomic E-state index is 11.8. The largest absolute Gasteiger partial charge is 0.474 e. The van der Waals surface area contributed by atoms with Crippen molar-refractivity contribution >= 4 is 29.9 Å². The molecule has 1 aromatic carbocycles. The number of aromatic nitrogens is 1. The highest BCUT2D eigenvalue weighted by molar-refractivity contribution is 5.86. The number of hydrogen-bond acceptors (Lipinski definition) is 6. The topological polar surface area (TPSA) is 104 Å². The van der Waals surface area contributed by atoms with Crippen molar-refractivity contribution in [2.45, 2.75) is 31.8 Å². The Bertz CT molecular complexity index is 746. The third-order valence-corrected chi connectivity index (χ3v) is 3.83. The Morgan fingerprint density at radius 1 is 1.15 bits per heavy atom. The number of benzene rings is 1. The summed E-state index contributed by atoms with van der Waals surface area (Å²) < 4.78 is 10.8. The number of amides is 1. The molecule has 1 aliphatic rings. The van der Waals surface area contributed by atoms with Gasteiger partial charge in [0.2, 0.25) is 5.88 Å². The maximum absolute atomic E-state index is 11.8. The Kier molecular flexibility index (Phi) is 6.74. The number of nitrogens with one attached hydrogen (secondary N) is 1. The number of halogens is 1. The van der Waals surface area contributed by atoms with E-state index >= 15 is 0 Å². The van der Waals surface area contributed by atoms with E-state index in [2.05, 4.69) is 10.3 Å². The molecule has 8 nitrogen and oxygen atoms in total. The molecule has 0 saturated heterocycles. The minimum atomic E-state index is -0.708. The Morgan fingerprint density at radius 2 is 1.85 bits per heavy atom. The first-order valence-electron chi connectivity index (χ1n) is 7.96. The SMILES string of the molecule is Cl.O=C(Nc1ccc(OC2CCCC2)nc1)Oc1ccc([N+](=O)[O-])cc1. The minimum absolute atomic E-state index is 0. The zero-order chi connectivity index (χ0) is 17.6. The van der Waals surface area contributed by atoms with Gasteiger partial charge in [-0.3, -0.25) is 15.4 Å². The van der Waals surface area contributed by atoms with E-state index in [1.807, 2.05) is 0 Å². The summed E-state index contributed by atoms with van der Waals surface area (Å²) in [6.07, 6.45) is 5.45. The lowest BCUT2D eigenvalue weighted by Gasteiger charge is -2.12. The van der Waals surface area contributed by atoms with Crippen molar-refractivity contribution in [3.05, 3.63) is 52.7 Å². The number of ether oxygens (including phenoxy) is 2. The van der Waals surface area contributed by atoms with Gasteiger partial charge in [-0.2, -0.15) is 0 Å². The van der Waals surface area contributed by atoms with E-state index in [0.717, 1.165) is 12.8 Å². The van der Waals surface area contributed by atoms with Crippen molar-refractivity contribution in [1.82, 2.24) is 4.98 Å². The van der Waals surface area contributed by atoms with Gasteiger partial charge in [-0.05, 0) is 43.9 Å². The second-order valence-electron chi connectivity index (χ2n) is 5.67. The van der Waals surface area contributed by atoms with Crippen molar-refractivity contribution in [2.24, 2.45) is 0 Å². The van der Waals surface area contributed by atoms with E-state index in [9.17, 15) is 14.9 Å². The van der Waals surface area contributed by atoms with Crippen LogP contribution in [0.25, 0.3) is 0 Å². The van der Waals surface area contributed by atoms with Gasteiger partial charge in [0.1, 0.15) is 11.9 Å². The fourth-order valence-electron chi connectivity index (χ4n) is 2.59. The summed E-state index contributed by atoms with van der Waals surface area (Å²) in [5.74, 6) is 0.735. The number of nitro benzene ring substituents is 1. The Hall–Kier alpha value is -2.87. The van der Waals surface area contributed by atoms with Crippen LogP contribution in [0.15, 0.2) is 42.6 Å². The van der Waals surface area contributed by atoms with Crippen LogP contribution in [0.1, 0.15) is 25.7 Å². The van der Waals surface area contributed by atoms with E-state index < -0.39 is 11.0 Å². The summed E-state index contributed by atoms with van der Waals surface area (Å²) in [5.41, 5.74) is 0.389. The van der Waals surface area contributed by atoms with Crippen LogP contribution < -0.4 is 14.8 Å². The van der Waals surface area contributed by atoms with Crippen molar-refractivity contribution in [3.63, 3.8) is 0 Å². The molecule has 0 atom stereocenters. The van der Waals surface area contributed by atoms with Crippen LogP contribution in [0.3, 0.4) is 0 Å². The predicted molar refractivity (Wildman–Crippen MR) is 97.1 cm³/mol. The standard InChI is InChI=1S/C17H17N3O5.ClH/c21-17(25-15-8-6-13(7-9-15)20(22)23)19-12-5-10-16(18-11-12)24-14-3-1-2-4-14;/h5-11,14H,1-4H2,(H,19,21);1H. The number of anilines is 1. The van der Waals surface area contributed by atoms with Crippen LogP contribution in [-0.4, -0.2) is 22.1 Å². The first-order chi connectivity index (χ1) is 12.1. The number of rotatable bonds is 5. The molecule has 0 radical (unpaired) electrons. The molecule has 1 aromatic heterocycles. The molecule has 1 saturated carbocycles. The number of hydrogen-bond donors (Lipinski definition) is 1. The lowest BCUT2D eigenvalue weighted by atomic mass is 10.3. The average Bonchev–Trinajstić information content (AvgIpc) is 3.10. The number of carbonyl (C=O) groups excluding carboxylic acids is 1. The van der Waals surface area contributed by atoms with Gasteiger partial charge in [0.25, 0.3) is 5.69 Å². The van der Waals surface area contributed by atoms with E-state index in [-0.39, 0.29) is 29.9 Å². The normalized spacial score (nSPS) is 13.5. The quantitative estimate of drug-likeness (QED) is 0.612. The molecule has 1 amide bonds. The van der Waals surface area contributed by atoms with E-state index in [4.69, 9.17) is 9.47 Å². The Labute approximate surface area is 156 Å². The lowest BCUT2D eigenvalue weighted by molar-refractivity contribution is -0.384. The Morgan fingerprint density at radius 3 is 2.42 bits per heavy atom. The van der Waals surface area contributed by atoms with Crippen molar-refractivity contribution < 1.29 is 19.2 Å². The summed E-state index contributed by atoms with van der Waals surface area (Å²) in [6.45, 7) is 0. The summed E-state index contributed by atoms with van der Waals surface area (Å²) in [7, 11) is 0. The van der Waals surface area contributed by atoms with Gasteiger partial charge in [0, 0.05) is 18.2 Å². The number of non-ortho nitro benzene ring substituents is 1.